The van der Waals surface area contributed by atoms with E-state index in [1.807, 2.05) is 0 Å². The average molecular weight is 387 g/mol. The van der Waals surface area contributed by atoms with E-state index in [-0.39, 0.29) is 22.8 Å². The van der Waals surface area contributed by atoms with Gasteiger partial charge in [-0.05, 0) is 35.9 Å². The lowest BCUT2D eigenvalue weighted by atomic mass is 10.1. The second-order valence-corrected chi connectivity index (χ2v) is 5.60. The Morgan fingerprint density at radius 1 is 1.12 bits per heavy atom. The summed E-state index contributed by atoms with van der Waals surface area (Å²) in [6.45, 7) is 0. The van der Waals surface area contributed by atoms with Gasteiger partial charge in [0.15, 0.2) is 0 Å². The summed E-state index contributed by atoms with van der Waals surface area (Å²) in [5, 5.41) is 5.28. The van der Waals surface area contributed by atoms with Crippen LogP contribution in [0.5, 0.6) is 5.75 Å². The molecule has 0 aliphatic rings. The van der Waals surface area contributed by atoms with Gasteiger partial charge >= 0.3 is 6.36 Å². The van der Waals surface area contributed by atoms with Gasteiger partial charge < -0.3 is 15.4 Å². The molecular weight excluding hydrogens is 373 g/mol. The molecule has 0 aromatic heterocycles. The van der Waals surface area contributed by atoms with E-state index in [0.29, 0.717) is 11.3 Å². The molecular formula is C17H14ClF3N2O3. The minimum Gasteiger partial charge on any atom is -0.406 e. The van der Waals surface area contributed by atoms with Gasteiger partial charge in [-0.1, -0.05) is 23.7 Å². The molecule has 2 rings (SSSR count). The van der Waals surface area contributed by atoms with Gasteiger partial charge in [0.2, 0.25) is 5.91 Å². The lowest BCUT2D eigenvalue weighted by molar-refractivity contribution is -0.274. The average Bonchev–Trinajstić information content (AvgIpc) is 2.56. The molecule has 0 bridgehead atoms. The van der Waals surface area contributed by atoms with E-state index in [2.05, 4.69) is 15.4 Å². The van der Waals surface area contributed by atoms with Crippen molar-refractivity contribution in [2.75, 3.05) is 12.4 Å². The first-order valence-electron chi connectivity index (χ1n) is 7.34. The Labute approximate surface area is 152 Å². The zero-order chi connectivity index (χ0) is 19.3. The molecule has 0 saturated heterocycles. The highest BCUT2D eigenvalue weighted by molar-refractivity contribution is 6.34. The van der Waals surface area contributed by atoms with Crippen LogP contribution < -0.4 is 15.4 Å². The molecule has 2 N–H and O–H groups in total. The largest absolute Gasteiger partial charge is 0.573 e. The van der Waals surface area contributed by atoms with Crippen molar-refractivity contribution in [1.29, 1.82) is 0 Å². The number of rotatable bonds is 5. The number of amides is 2. The van der Waals surface area contributed by atoms with Crippen molar-refractivity contribution in [3.8, 4) is 5.75 Å². The van der Waals surface area contributed by atoms with Gasteiger partial charge in [-0.3, -0.25) is 9.59 Å². The molecule has 2 amide bonds. The van der Waals surface area contributed by atoms with E-state index in [1.165, 1.54) is 37.4 Å². The highest BCUT2D eigenvalue weighted by atomic mass is 35.5. The fraction of sp³-hybridized carbons (Fsp3) is 0.176. The number of benzene rings is 2. The lowest BCUT2D eigenvalue weighted by Crippen LogP contribution is -2.19. The van der Waals surface area contributed by atoms with E-state index in [0.717, 1.165) is 12.1 Å². The molecule has 0 saturated carbocycles. The van der Waals surface area contributed by atoms with Crippen LogP contribution in [0.3, 0.4) is 0 Å². The molecule has 0 heterocycles. The molecule has 0 fully saturated rings. The summed E-state index contributed by atoms with van der Waals surface area (Å²) in [7, 11) is 1.45. The molecule has 0 spiro atoms. The minimum atomic E-state index is -4.77. The maximum Gasteiger partial charge on any atom is 0.573 e. The van der Waals surface area contributed by atoms with Crippen molar-refractivity contribution in [2.45, 2.75) is 12.8 Å². The number of carbonyl (C=O) groups excluding carboxylic acids is 2. The Morgan fingerprint density at radius 2 is 1.77 bits per heavy atom. The third kappa shape index (κ3) is 5.66. The molecule has 26 heavy (non-hydrogen) atoms. The standard InChI is InChI=1S/C17H14ClF3N2O3/c1-22-16(25)13-9-11(4-7-14(13)18)23-15(24)8-10-2-5-12(6-3-10)26-17(19,20)21/h2-7,9H,8H2,1H3,(H,22,25)(H,23,24). The van der Waals surface area contributed by atoms with E-state index in [4.69, 9.17) is 11.6 Å². The summed E-state index contributed by atoms with van der Waals surface area (Å²) in [6.07, 6.45) is -4.83. The van der Waals surface area contributed by atoms with Crippen LogP contribution in [0.25, 0.3) is 0 Å². The first-order chi connectivity index (χ1) is 12.2. The van der Waals surface area contributed by atoms with Gasteiger partial charge in [0, 0.05) is 12.7 Å². The van der Waals surface area contributed by atoms with Crippen LogP contribution in [0, 0.1) is 0 Å². The zero-order valence-corrected chi connectivity index (χ0v) is 14.2. The summed E-state index contributed by atoms with van der Waals surface area (Å²) in [6, 6.07) is 9.42. The Hall–Kier alpha value is -2.74. The number of anilines is 1. The lowest BCUT2D eigenvalue weighted by Gasteiger charge is -2.10. The molecule has 0 atom stereocenters. The van der Waals surface area contributed by atoms with Gasteiger partial charge in [-0.2, -0.15) is 0 Å². The second kappa shape index (κ2) is 8.09. The molecule has 138 valence electrons. The summed E-state index contributed by atoms with van der Waals surface area (Å²) in [5.74, 6) is -1.17. The van der Waals surface area contributed by atoms with Crippen LogP contribution >= 0.6 is 11.6 Å². The quantitative estimate of drug-likeness (QED) is 0.821. The Kier molecular flexibility index (Phi) is 6.10. The van der Waals surface area contributed by atoms with Crippen molar-refractivity contribution >= 4 is 29.1 Å². The van der Waals surface area contributed by atoms with Crippen LogP contribution in [-0.2, 0) is 11.2 Å². The number of carbonyl (C=O) groups is 2. The van der Waals surface area contributed by atoms with Gasteiger partial charge in [-0.15, -0.1) is 13.2 Å². The van der Waals surface area contributed by atoms with Gasteiger partial charge in [0.1, 0.15) is 5.75 Å². The number of hydrogen-bond acceptors (Lipinski definition) is 3. The van der Waals surface area contributed by atoms with E-state index < -0.39 is 18.2 Å². The van der Waals surface area contributed by atoms with Crippen molar-refractivity contribution in [2.24, 2.45) is 0 Å². The highest BCUT2D eigenvalue weighted by Gasteiger charge is 2.30. The second-order valence-electron chi connectivity index (χ2n) is 5.19. The van der Waals surface area contributed by atoms with E-state index in [1.54, 1.807) is 0 Å². The van der Waals surface area contributed by atoms with E-state index >= 15 is 0 Å². The normalized spacial score (nSPS) is 11.0. The van der Waals surface area contributed by atoms with Crippen LogP contribution in [-0.4, -0.2) is 25.2 Å². The molecule has 0 radical (unpaired) electrons. The van der Waals surface area contributed by atoms with Crippen molar-refractivity contribution < 1.29 is 27.5 Å². The van der Waals surface area contributed by atoms with Crippen LogP contribution in [0.4, 0.5) is 18.9 Å². The molecule has 0 unspecified atom stereocenters. The van der Waals surface area contributed by atoms with Crippen molar-refractivity contribution in [3.05, 3.63) is 58.6 Å². The third-order valence-corrected chi connectivity index (χ3v) is 3.57. The first-order valence-corrected chi connectivity index (χ1v) is 7.72. The predicted octanol–water partition coefficient (Wildman–Crippen LogP) is 3.78. The molecule has 2 aromatic carbocycles. The van der Waals surface area contributed by atoms with Gasteiger partial charge in [-0.25, -0.2) is 0 Å². The van der Waals surface area contributed by atoms with Crippen molar-refractivity contribution in [1.82, 2.24) is 5.32 Å². The molecule has 0 aliphatic carbocycles. The topological polar surface area (TPSA) is 67.4 Å². The van der Waals surface area contributed by atoms with Crippen molar-refractivity contribution in [3.63, 3.8) is 0 Å². The zero-order valence-electron chi connectivity index (χ0n) is 13.5. The number of ether oxygens (including phenoxy) is 1. The highest BCUT2D eigenvalue weighted by Crippen LogP contribution is 2.23. The van der Waals surface area contributed by atoms with Crippen LogP contribution in [0.1, 0.15) is 15.9 Å². The van der Waals surface area contributed by atoms with Crippen LogP contribution in [0.15, 0.2) is 42.5 Å². The minimum absolute atomic E-state index is 0.0652. The Balaban J connectivity index is 2.02. The Morgan fingerprint density at radius 3 is 2.35 bits per heavy atom. The predicted molar refractivity (Wildman–Crippen MR) is 90.3 cm³/mol. The number of hydrogen-bond donors (Lipinski definition) is 2. The summed E-state index contributed by atoms with van der Waals surface area (Å²) < 4.78 is 40.1. The maximum atomic E-state index is 12.1. The summed E-state index contributed by atoms with van der Waals surface area (Å²) >= 11 is 5.93. The molecule has 2 aromatic rings. The molecule has 5 nitrogen and oxygen atoms in total. The summed E-state index contributed by atoms with van der Waals surface area (Å²) in [4.78, 5) is 23.8. The van der Waals surface area contributed by atoms with Gasteiger partial charge in [0.25, 0.3) is 5.91 Å². The molecule has 9 heteroatoms. The van der Waals surface area contributed by atoms with Gasteiger partial charge in [0.05, 0.1) is 17.0 Å². The Bertz CT molecular complexity index is 808. The first kappa shape index (κ1) is 19.6. The SMILES string of the molecule is CNC(=O)c1cc(NC(=O)Cc2ccc(OC(F)(F)F)cc2)ccc1Cl. The number of halogens is 4. The monoisotopic (exact) mass is 386 g/mol. The number of alkyl halides is 3. The molecule has 0 aliphatic heterocycles. The smallest absolute Gasteiger partial charge is 0.406 e. The fourth-order valence-corrected chi connectivity index (χ4v) is 2.31. The number of nitrogens with one attached hydrogen (secondary N) is 2. The third-order valence-electron chi connectivity index (χ3n) is 3.24. The van der Waals surface area contributed by atoms with E-state index in [9.17, 15) is 22.8 Å². The maximum absolute atomic E-state index is 12.1. The summed E-state index contributed by atoms with van der Waals surface area (Å²) in [5.41, 5.74) is 1.08. The van der Waals surface area contributed by atoms with Crippen LogP contribution in [0.2, 0.25) is 5.02 Å². The fourth-order valence-electron chi connectivity index (χ4n) is 2.11.